The van der Waals surface area contributed by atoms with Crippen LogP contribution < -0.4 is 11.0 Å². The molecule has 0 amide bonds. The van der Waals surface area contributed by atoms with Crippen LogP contribution in [0.15, 0.2) is 77.9 Å². The number of benzene rings is 3. The van der Waals surface area contributed by atoms with Gasteiger partial charge in [0.1, 0.15) is 17.5 Å². The van der Waals surface area contributed by atoms with Crippen molar-refractivity contribution in [1.29, 1.82) is 0 Å². The zero-order valence-electron chi connectivity index (χ0n) is 17.2. The third-order valence-electron chi connectivity index (χ3n) is 5.36. The average Bonchev–Trinajstić information content (AvgIpc) is 3.40. The molecule has 0 saturated heterocycles. The van der Waals surface area contributed by atoms with Gasteiger partial charge in [0.15, 0.2) is 0 Å². The van der Waals surface area contributed by atoms with E-state index in [0.717, 1.165) is 23.7 Å². The summed E-state index contributed by atoms with van der Waals surface area (Å²) in [7, 11) is 0. The highest BCUT2D eigenvalue weighted by molar-refractivity contribution is 5.79. The van der Waals surface area contributed by atoms with Gasteiger partial charge < -0.3 is 20.4 Å². The van der Waals surface area contributed by atoms with Crippen LogP contribution in [0.1, 0.15) is 11.7 Å². The highest BCUT2D eigenvalue weighted by Crippen LogP contribution is 2.30. The summed E-state index contributed by atoms with van der Waals surface area (Å²) in [5.74, 6) is -1.28. The number of aliphatic hydroxyl groups excluding tert-OH is 1. The molecule has 1 unspecified atom stereocenters. The number of anilines is 1. The van der Waals surface area contributed by atoms with Crippen molar-refractivity contribution in [3.8, 4) is 16.9 Å². The van der Waals surface area contributed by atoms with Gasteiger partial charge in [0.25, 0.3) is 0 Å². The van der Waals surface area contributed by atoms with E-state index in [1.54, 1.807) is 36.7 Å². The number of aliphatic hydroxyl groups is 1. The third-order valence-corrected chi connectivity index (χ3v) is 5.36. The second-order valence-corrected chi connectivity index (χ2v) is 7.56. The van der Waals surface area contributed by atoms with Gasteiger partial charge in [-0.05, 0) is 35.9 Å². The fourth-order valence-electron chi connectivity index (χ4n) is 3.81. The predicted octanol–water partition coefficient (Wildman–Crippen LogP) is 4.13. The summed E-state index contributed by atoms with van der Waals surface area (Å²) in [6.45, 7) is 0.0540. The maximum Gasteiger partial charge on any atom is 0.332 e. The standard InChI is InChI=1S/C24H19F2N5O2/c25-16-8-15(9-17(26)10-16)22-23(27-12-21(32)14-4-2-1-3-5-14)31(24(33)30-22)18-6-7-19-20(11-18)29-13-28-19/h1-11,13,21,27,32H,12H2,(H,28,29)(H,30,33). The topological polar surface area (TPSA) is 98.7 Å². The molecule has 7 nitrogen and oxygen atoms in total. The minimum atomic E-state index is -0.878. The maximum absolute atomic E-state index is 13.9. The largest absolute Gasteiger partial charge is 0.387 e. The molecular weight excluding hydrogens is 428 g/mol. The van der Waals surface area contributed by atoms with Crippen LogP contribution in [0.3, 0.4) is 0 Å². The summed E-state index contributed by atoms with van der Waals surface area (Å²) >= 11 is 0. The van der Waals surface area contributed by atoms with E-state index in [1.807, 2.05) is 18.2 Å². The van der Waals surface area contributed by atoms with Crippen LogP contribution in [0.25, 0.3) is 28.0 Å². The van der Waals surface area contributed by atoms with Gasteiger partial charge in [0.2, 0.25) is 0 Å². The molecule has 2 aromatic heterocycles. The lowest BCUT2D eigenvalue weighted by molar-refractivity contribution is 0.191. The maximum atomic E-state index is 13.9. The molecule has 1 atom stereocenters. The molecule has 4 N–H and O–H groups in total. The minimum absolute atomic E-state index is 0.0540. The number of nitrogens with zero attached hydrogens (tertiary/aromatic N) is 2. The van der Waals surface area contributed by atoms with Gasteiger partial charge in [-0.25, -0.2) is 23.1 Å². The Morgan fingerprint density at radius 3 is 2.55 bits per heavy atom. The molecule has 33 heavy (non-hydrogen) atoms. The molecule has 0 saturated carbocycles. The highest BCUT2D eigenvalue weighted by Gasteiger charge is 2.20. The van der Waals surface area contributed by atoms with Gasteiger partial charge in [-0.3, -0.25) is 0 Å². The molecule has 3 aromatic carbocycles. The molecule has 166 valence electrons. The van der Waals surface area contributed by atoms with E-state index in [1.165, 1.54) is 4.57 Å². The fraction of sp³-hybridized carbons (Fsp3) is 0.0833. The Kier molecular flexibility index (Phi) is 5.23. The zero-order chi connectivity index (χ0) is 22.9. The summed E-state index contributed by atoms with van der Waals surface area (Å²) in [5, 5.41) is 13.7. The first kappa shape index (κ1) is 20.7. The Morgan fingerprint density at radius 2 is 1.79 bits per heavy atom. The van der Waals surface area contributed by atoms with Gasteiger partial charge in [0, 0.05) is 18.2 Å². The van der Waals surface area contributed by atoms with Crippen molar-refractivity contribution in [2.45, 2.75) is 6.10 Å². The van der Waals surface area contributed by atoms with E-state index in [0.29, 0.717) is 16.8 Å². The molecular formula is C24H19F2N5O2. The van der Waals surface area contributed by atoms with Crippen LogP contribution in [0.4, 0.5) is 14.6 Å². The first-order valence-corrected chi connectivity index (χ1v) is 10.2. The van der Waals surface area contributed by atoms with E-state index in [4.69, 9.17) is 0 Å². The number of hydrogen-bond acceptors (Lipinski definition) is 4. The van der Waals surface area contributed by atoms with Gasteiger partial charge in [0.05, 0.1) is 34.8 Å². The highest BCUT2D eigenvalue weighted by atomic mass is 19.1. The van der Waals surface area contributed by atoms with Crippen LogP contribution in [0, 0.1) is 11.6 Å². The lowest BCUT2D eigenvalue weighted by Crippen LogP contribution is -2.19. The Hall–Kier alpha value is -4.24. The second-order valence-electron chi connectivity index (χ2n) is 7.56. The first-order valence-electron chi connectivity index (χ1n) is 10.2. The summed E-state index contributed by atoms with van der Waals surface area (Å²) in [6.07, 6.45) is 0.668. The van der Waals surface area contributed by atoms with Gasteiger partial charge >= 0.3 is 5.69 Å². The minimum Gasteiger partial charge on any atom is -0.387 e. The number of aromatic amines is 2. The SMILES string of the molecule is O=c1[nH]c(-c2cc(F)cc(F)c2)c(NCC(O)c2ccccc2)n1-c1ccc2nc[nH]c2c1. The van der Waals surface area contributed by atoms with Crippen LogP contribution in [-0.4, -0.2) is 31.2 Å². The summed E-state index contributed by atoms with van der Waals surface area (Å²) in [5.41, 5.74) is 2.48. The van der Waals surface area contributed by atoms with E-state index >= 15 is 0 Å². The van der Waals surface area contributed by atoms with E-state index in [-0.39, 0.29) is 23.6 Å². The quantitative estimate of drug-likeness (QED) is 0.315. The van der Waals surface area contributed by atoms with Crippen molar-refractivity contribution in [2.75, 3.05) is 11.9 Å². The first-order chi connectivity index (χ1) is 16.0. The Morgan fingerprint density at radius 1 is 1.03 bits per heavy atom. The number of nitrogens with one attached hydrogen (secondary N) is 3. The molecule has 0 bridgehead atoms. The molecule has 0 aliphatic carbocycles. The predicted molar refractivity (Wildman–Crippen MR) is 121 cm³/mol. The smallest absolute Gasteiger partial charge is 0.332 e. The van der Waals surface area contributed by atoms with Crippen LogP contribution in [-0.2, 0) is 0 Å². The summed E-state index contributed by atoms with van der Waals surface area (Å²) in [4.78, 5) is 22.9. The summed E-state index contributed by atoms with van der Waals surface area (Å²) < 4.78 is 29.2. The van der Waals surface area contributed by atoms with Crippen LogP contribution in [0.5, 0.6) is 0 Å². The van der Waals surface area contributed by atoms with Crippen molar-refractivity contribution in [2.24, 2.45) is 0 Å². The normalized spacial score (nSPS) is 12.2. The van der Waals surface area contributed by atoms with E-state index in [9.17, 15) is 18.7 Å². The lowest BCUT2D eigenvalue weighted by atomic mass is 10.1. The van der Waals surface area contributed by atoms with Gasteiger partial charge in [-0.2, -0.15) is 0 Å². The second kappa shape index (κ2) is 8.36. The molecule has 9 heteroatoms. The molecule has 0 fully saturated rings. The van der Waals surface area contributed by atoms with Crippen molar-refractivity contribution in [3.63, 3.8) is 0 Å². The van der Waals surface area contributed by atoms with Crippen molar-refractivity contribution in [3.05, 3.63) is 101 Å². The number of halogens is 2. The molecule has 2 heterocycles. The van der Waals surface area contributed by atoms with E-state index < -0.39 is 23.4 Å². The number of hydrogen-bond donors (Lipinski definition) is 4. The lowest BCUT2D eigenvalue weighted by Gasteiger charge is -2.16. The fourth-order valence-corrected chi connectivity index (χ4v) is 3.81. The van der Waals surface area contributed by atoms with Crippen molar-refractivity contribution >= 4 is 16.9 Å². The molecule has 0 aliphatic rings. The monoisotopic (exact) mass is 447 g/mol. The molecule has 5 rings (SSSR count). The molecule has 0 aliphatic heterocycles. The van der Waals surface area contributed by atoms with Gasteiger partial charge in [-0.15, -0.1) is 0 Å². The average molecular weight is 447 g/mol. The number of imidazole rings is 2. The molecule has 5 aromatic rings. The van der Waals surface area contributed by atoms with E-state index in [2.05, 4.69) is 20.3 Å². The number of rotatable bonds is 6. The molecule has 0 radical (unpaired) electrons. The Bertz CT molecular complexity index is 1470. The molecule has 0 spiro atoms. The number of fused-ring (bicyclic) bond motifs is 1. The number of H-pyrrole nitrogens is 2. The third kappa shape index (κ3) is 4.01. The van der Waals surface area contributed by atoms with Crippen LogP contribution >= 0.6 is 0 Å². The Labute approximate surface area is 186 Å². The van der Waals surface area contributed by atoms with Gasteiger partial charge in [-0.1, -0.05) is 30.3 Å². The number of aromatic nitrogens is 4. The van der Waals surface area contributed by atoms with Crippen LogP contribution in [0.2, 0.25) is 0 Å². The Balaban J connectivity index is 1.62. The zero-order valence-corrected chi connectivity index (χ0v) is 17.2. The van der Waals surface area contributed by atoms with Crippen molar-refractivity contribution in [1.82, 2.24) is 19.5 Å². The van der Waals surface area contributed by atoms with Crippen molar-refractivity contribution < 1.29 is 13.9 Å². The summed E-state index contributed by atoms with van der Waals surface area (Å²) in [6, 6.07) is 17.3.